The average Bonchev–Trinajstić information content (AvgIpc) is 2.65. The van der Waals surface area contributed by atoms with Gasteiger partial charge in [0.15, 0.2) is 0 Å². The van der Waals surface area contributed by atoms with Gasteiger partial charge in [-0.1, -0.05) is 6.07 Å². The number of carbonyl (C=O) groups excluding carboxylic acids is 1. The monoisotopic (exact) mass is 407 g/mol. The van der Waals surface area contributed by atoms with Crippen LogP contribution < -0.4 is 10.2 Å². The van der Waals surface area contributed by atoms with Gasteiger partial charge in [0.2, 0.25) is 5.91 Å². The van der Waals surface area contributed by atoms with Crippen LogP contribution in [0.25, 0.3) is 11.1 Å². The van der Waals surface area contributed by atoms with E-state index in [1.165, 1.54) is 0 Å². The molecule has 2 aromatic rings. The minimum absolute atomic E-state index is 0.0167. The fourth-order valence-electron chi connectivity index (χ4n) is 3.45. The Balaban J connectivity index is 1.90. The third-order valence-electron chi connectivity index (χ3n) is 4.69. The molecule has 1 fully saturated rings. The van der Waals surface area contributed by atoms with Crippen molar-refractivity contribution in [2.45, 2.75) is 33.0 Å². The highest BCUT2D eigenvalue weighted by atomic mass is 19.4. The maximum absolute atomic E-state index is 12.5. The van der Waals surface area contributed by atoms with E-state index in [0.29, 0.717) is 13.2 Å². The van der Waals surface area contributed by atoms with Crippen molar-refractivity contribution in [3.63, 3.8) is 0 Å². The molecule has 0 aliphatic carbocycles. The summed E-state index contributed by atoms with van der Waals surface area (Å²) in [5, 5.41) is 2.41. The molecule has 1 aliphatic rings. The lowest BCUT2D eigenvalue weighted by atomic mass is 9.98. The van der Waals surface area contributed by atoms with Gasteiger partial charge in [0.1, 0.15) is 6.42 Å². The van der Waals surface area contributed by atoms with Gasteiger partial charge in [0, 0.05) is 36.7 Å². The Hall–Kier alpha value is -2.61. The second-order valence-electron chi connectivity index (χ2n) is 7.15. The molecule has 3 rings (SSSR count). The number of rotatable bonds is 5. The highest BCUT2D eigenvalue weighted by Crippen LogP contribution is 2.29. The summed E-state index contributed by atoms with van der Waals surface area (Å²) in [6.45, 7) is 6.54. The fourth-order valence-corrected chi connectivity index (χ4v) is 3.45. The molecule has 0 bridgehead atoms. The van der Waals surface area contributed by atoms with Crippen molar-refractivity contribution in [2.75, 3.05) is 31.2 Å². The molecule has 0 atom stereocenters. The van der Waals surface area contributed by atoms with Gasteiger partial charge in [-0.25, -0.2) is 0 Å². The number of hydrogen-bond donors (Lipinski definition) is 1. The Morgan fingerprint density at radius 3 is 2.41 bits per heavy atom. The molecule has 0 saturated carbocycles. The number of benzene rings is 1. The van der Waals surface area contributed by atoms with Gasteiger partial charge in [-0.2, -0.15) is 13.2 Å². The van der Waals surface area contributed by atoms with Crippen LogP contribution in [0, 0.1) is 13.8 Å². The summed E-state index contributed by atoms with van der Waals surface area (Å²) >= 11 is 0. The molecule has 1 saturated heterocycles. The van der Waals surface area contributed by atoms with Crippen LogP contribution in [0.3, 0.4) is 0 Å². The van der Waals surface area contributed by atoms with Gasteiger partial charge in [-0.05, 0) is 54.8 Å². The molecule has 0 spiro atoms. The zero-order chi connectivity index (χ0) is 21.0. The van der Waals surface area contributed by atoms with Crippen LogP contribution in [0.15, 0.2) is 30.3 Å². The predicted octanol–water partition coefficient (Wildman–Crippen LogP) is 3.77. The Kier molecular flexibility index (Phi) is 6.42. The van der Waals surface area contributed by atoms with E-state index in [-0.39, 0.29) is 6.54 Å². The second-order valence-corrected chi connectivity index (χ2v) is 7.15. The molecule has 0 unspecified atom stereocenters. The summed E-state index contributed by atoms with van der Waals surface area (Å²) < 4.78 is 42.8. The number of anilines is 1. The standard InChI is InChI=1S/C21H24F3N3O2/c1-14-9-16(10-15(2)26-14)19-4-3-18(27-5-7-29-8-6-27)11-17(19)13-25-20(28)12-21(22,23)24/h3-4,9-11H,5-8,12-13H2,1-2H3,(H,25,28). The van der Waals surface area contributed by atoms with Crippen molar-refractivity contribution in [3.8, 4) is 11.1 Å². The van der Waals surface area contributed by atoms with Crippen LogP contribution >= 0.6 is 0 Å². The van der Waals surface area contributed by atoms with E-state index in [0.717, 1.165) is 46.9 Å². The predicted molar refractivity (Wildman–Crippen MR) is 105 cm³/mol. The molecule has 1 amide bonds. The number of alkyl halides is 3. The maximum Gasteiger partial charge on any atom is 0.397 e. The van der Waals surface area contributed by atoms with Gasteiger partial charge in [0.25, 0.3) is 0 Å². The van der Waals surface area contributed by atoms with Crippen LogP contribution in [-0.2, 0) is 16.1 Å². The summed E-state index contributed by atoms with van der Waals surface area (Å²) in [6, 6.07) is 9.73. The Morgan fingerprint density at radius 1 is 1.14 bits per heavy atom. The molecule has 0 radical (unpaired) electrons. The number of aryl methyl sites for hydroxylation is 2. The third-order valence-corrected chi connectivity index (χ3v) is 4.69. The van der Waals surface area contributed by atoms with E-state index in [1.807, 2.05) is 44.2 Å². The zero-order valence-electron chi connectivity index (χ0n) is 16.5. The van der Waals surface area contributed by atoms with Crippen molar-refractivity contribution in [1.29, 1.82) is 0 Å². The van der Waals surface area contributed by atoms with Gasteiger partial charge in [0.05, 0.1) is 13.2 Å². The number of hydrogen-bond acceptors (Lipinski definition) is 4. The zero-order valence-corrected chi connectivity index (χ0v) is 16.5. The first kappa shape index (κ1) is 21.1. The smallest absolute Gasteiger partial charge is 0.378 e. The van der Waals surface area contributed by atoms with E-state index < -0.39 is 18.5 Å². The lowest BCUT2D eigenvalue weighted by Crippen LogP contribution is -2.36. The number of nitrogens with one attached hydrogen (secondary N) is 1. The molecule has 156 valence electrons. The normalized spacial score (nSPS) is 14.7. The molecule has 1 aliphatic heterocycles. The number of pyridine rings is 1. The molecule has 8 heteroatoms. The Morgan fingerprint density at radius 2 is 1.79 bits per heavy atom. The number of ether oxygens (including phenoxy) is 1. The summed E-state index contributed by atoms with van der Waals surface area (Å²) in [5.74, 6) is -1.04. The van der Waals surface area contributed by atoms with Crippen LogP contribution in [0.4, 0.5) is 18.9 Å². The molecule has 29 heavy (non-hydrogen) atoms. The van der Waals surface area contributed by atoms with E-state index in [9.17, 15) is 18.0 Å². The summed E-state index contributed by atoms with van der Waals surface area (Å²) in [6.07, 6.45) is -6.01. The van der Waals surface area contributed by atoms with Gasteiger partial charge >= 0.3 is 6.18 Å². The second kappa shape index (κ2) is 8.82. The minimum Gasteiger partial charge on any atom is -0.378 e. The van der Waals surface area contributed by atoms with Crippen molar-refractivity contribution in [3.05, 3.63) is 47.3 Å². The first-order chi connectivity index (χ1) is 13.7. The van der Waals surface area contributed by atoms with Crippen LogP contribution in [0.5, 0.6) is 0 Å². The largest absolute Gasteiger partial charge is 0.397 e. The third kappa shape index (κ3) is 5.93. The molecule has 1 aromatic heterocycles. The molecule has 5 nitrogen and oxygen atoms in total. The van der Waals surface area contributed by atoms with Crippen LogP contribution in [0.2, 0.25) is 0 Å². The van der Waals surface area contributed by atoms with E-state index in [1.54, 1.807) is 0 Å². The number of halogens is 3. The molecular formula is C21H24F3N3O2. The fraction of sp³-hybridized carbons (Fsp3) is 0.429. The summed E-state index contributed by atoms with van der Waals surface area (Å²) in [5.41, 5.74) is 5.20. The summed E-state index contributed by atoms with van der Waals surface area (Å²) in [7, 11) is 0. The maximum atomic E-state index is 12.5. The lowest BCUT2D eigenvalue weighted by molar-refractivity contribution is -0.153. The number of carbonyl (C=O) groups is 1. The van der Waals surface area contributed by atoms with E-state index >= 15 is 0 Å². The number of amides is 1. The van der Waals surface area contributed by atoms with E-state index in [4.69, 9.17) is 4.74 Å². The molecular weight excluding hydrogens is 383 g/mol. The Labute approximate surface area is 167 Å². The topological polar surface area (TPSA) is 54.5 Å². The number of morpholine rings is 1. The minimum atomic E-state index is -4.53. The van der Waals surface area contributed by atoms with Crippen molar-refractivity contribution in [2.24, 2.45) is 0 Å². The van der Waals surface area contributed by atoms with Crippen molar-refractivity contribution >= 4 is 11.6 Å². The highest BCUT2D eigenvalue weighted by molar-refractivity contribution is 5.77. The van der Waals surface area contributed by atoms with Crippen LogP contribution in [0.1, 0.15) is 23.4 Å². The SMILES string of the molecule is Cc1cc(-c2ccc(N3CCOCC3)cc2CNC(=O)CC(F)(F)F)cc(C)n1. The lowest BCUT2D eigenvalue weighted by Gasteiger charge is -2.29. The number of nitrogens with zero attached hydrogens (tertiary/aromatic N) is 2. The molecule has 1 N–H and O–H groups in total. The highest BCUT2D eigenvalue weighted by Gasteiger charge is 2.31. The molecule has 1 aromatic carbocycles. The first-order valence-corrected chi connectivity index (χ1v) is 9.46. The number of aromatic nitrogens is 1. The van der Waals surface area contributed by atoms with Gasteiger partial charge < -0.3 is 15.0 Å². The average molecular weight is 407 g/mol. The van der Waals surface area contributed by atoms with Crippen molar-refractivity contribution in [1.82, 2.24) is 10.3 Å². The van der Waals surface area contributed by atoms with Crippen molar-refractivity contribution < 1.29 is 22.7 Å². The Bertz CT molecular complexity index is 858. The molecule has 2 heterocycles. The van der Waals surface area contributed by atoms with Crippen LogP contribution in [-0.4, -0.2) is 43.4 Å². The van der Waals surface area contributed by atoms with Gasteiger partial charge in [-0.3, -0.25) is 9.78 Å². The van der Waals surface area contributed by atoms with E-state index in [2.05, 4.69) is 15.2 Å². The summed E-state index contributed by atoms with van der Waals surface area (Å²) in [4.78, 5) is 18.2. The first-order valence-electron chi connectivity index (χ1n) is 9.46. The van der Waals surface area contributed by atoms with Gasteiger partial charge in [-0.15, -0.1) is 0 Å². The quantitative estimate of drug-likeness (QED) is 0.820.